The van der Waals surface area contributed by atoms with E-state index in [4.69, 9.17) is 4.74 Å². The van der Waals surface area contributed by atoms with Gasteiger partial charge in [-0.15, -0.1) is 0 Å². The zero-order valence-corrected chi connectivity index (χ0v) is 9.14. The number of hydrogen-bond donors (Lipinski definition) is 0. The van der Waals surface area contributed by atoms with E-state index >= 15 is 0 Å². The van der Waals surface area contributed by atoms with Gasteiger partial charge in [-0.25, -0.2) is 0 Å². The molecule has 0 radical (unpaired) electrons. The van der Waals surface area contributed by atoms with E-state index in [2.05, 4.69) is 4.98 Å². The Morgan fingerprint density at radius 1 is 1.31 bits per heavy atom. The summed E-state index contributed by atoms with van der Waals surface area (Å²) in [6.45, 7) is 1.83. The lowest BCUT2D eigenvalue weighted by molar-refractivity contribution is -0.140. The number of carbonyl (C=O) groups excluding carboxylic acids is 1. The predicted octanol–water partition coefficient (Wildman–Crippen LogP) is 2.34. The lowest BCUT2D eigenvalue weighted by Gasteiger charge is -2.05. The Morgan fingerprint density at radius 3 is 2.94 bits per heavy atom. The molecule has 0 aliphatic carbocycles. The van der Waals surface area contributed by atoms with Crippen LogP contribution in [0.25, 0.3) is 10.9 Å². The highest BCUT2D eigenvalue weighted by Gasteiger charge is 2.02. The van der Waals surface area contributed by atoms with Crippen LogP contribution in [0.2, 0.25) is 0 Å². The molecule has 82 valence electrons. The monoisotopic (exact) mass is 215 g/mol. The minimum Gasteiger partial charge on any atom is -0.466 e. The normalized spacial score (nSPS) is 10.3. The molecule has 0 aliphatic heterocycles. The summed E-state index contributed by atoms with van der Waals surface area (Å²) in [5.74, 6) is -0.242. The molecule has 0 aliphatic rings. The predicted molar refractivity (Wildman–Crippen MR) is 62.1 cm³/mol. The molecule has 0 spiro atoms. The Hall–Kier alpha value is -1.90. The van der Waals surface area contributed by atoms with Crippen molar-refractivity contribution in [1.29, 1.82) is 0 Å². The third-order valence-electron chi connectivity index (χ3n) is 2.39. The second kappa shape index (κ2) is 4.75. The topological polar surface area (TPSA) is 39.2 Å². The van der Waals surface area contributed by atoms with Crippen LogP contribution in [0.15, 0.2) is 36.5 Å². The minimum atomic E-state index is -0.242. The van der Waals surface area contributed by atoms with Gasteiger partial charge >= 0.3 is 5.97 Å². The Balaban J connectivity index is 2.20. The Kier molecular flexibility index (Phi) is 3.15. The van der Waals surface area contributed by atoms with Crippen LogP contribution in [-0.4, -0.2) is 17.6 Å². The van der Waals surface area contributed by atoms with Gasteiger partial charge in [0.15, 0.2) is 0 Å². The number of pyridine rings is 1. The van der Waals surface area contributed by atoms with E-state index in [1.807, 2.05) is 30.3 Å². The number of aromatic nitrogens is 1. The number of benzene rings is 1. The summed E-state index contributed by atoms with van der Waals surface area (Å²) >= 11 is 0. The maximum Gasteiger partial charge on any atom is 0.302 e. The zero-order chi connectivity index (χ0) is 11.4. The van der Waals surface area contributed by atoms with E-state index in [-0.39, 0.29) is 5.97 Å². The number of fused-ring (bicyclic) bond motifs is 1. The number of para-hydroxylation sites is 1. The molecule has 1 aromatic carbocycles. The Bertz CT molecular complexity index is 503. The van der Waals surface area contributed by atoms with Crippen molar-refractivity contribution in [1.82, 2.24) is 4.98 Å². The summed E-state index contributed by atoms with van der Waals surface area (Å²) in [5.41, 5.74) is 2.09. The van der Waals surface area contributed by atoms with Crippen molar-refractivity contribution < 1.29 is 9.53 Å². The summed E-state index contributed by atoms with van der Waals surface area (Å²) in [6, 6.07) is 9.97. The molecule has 0 N–H and O–H groups in total. The van der Waals surface area contributed by atoms with Crippen LogP contribution >= 0.6 is 0 Å². The summed E-state index contributed by atoms with van der Waals surface area (Å²) < 4.78 is 4.93. The fourth-order valence-electron chi connectivity index (χ4n) is 1.67. The fraction of sp³-hybridized carbons (Fsp3) is 0.231. The first-order valence-electron chi connectivity index (χ1n) is 5.23. The van der Waals surface area contributed by atoms with Gasteiger partial charge in [0.25, 0.3) is 0 Å². The van der Waals surface area contributed by atoms with Crippen molar-refractivity contribution >= 4 is 16.9 Å². The molecule has 0 amide bonds. The molecule has 2 aromatic rings. The maximum absolute atomic E-state index is 10.7. The third-order valence-corrected chi connectivity index (χ3v) is 2.39. The van der Waals surface area contributed by atoms with Gasteiger partial charge < -0.3 is 4.74 Å². The van der Waals surface area contributed by atoms with Gasteiger partial charge in [0.05, 0.1) is 12.1 Å². The molecule has 0 saturated carbocycles. The van der Waals surface area contributed by atoms with E-state index in [1.54, 1.807) is 6.20 Å². The molecule has 16 heavy (non-hydrogen) atoms. The Morgan fingerprint density at radius 2 is 2.12 bits per heavy atom. The van der Waals surface area contributed by atoms with Gasteiger partial charge in [-0.1, -0.05) is 24.3 Å². The molecule has 0 bridgehead atoms. The van der Waals surface area contributed by atoms with Crippen molar-refractivity contribution in [2.45, 2.75) is 13.3 Å². The van der Waals surface area contributed by atoms with Crippen molar-refractivity contribution in [3.05, 3.63) is 42.1 Å². The standard InChI is InChI=1S/C13H13NO2/c1-10(15)16-9-7-12-5-2-4-11-6-3-8-14-13(11)12/h2-6,8H,7,9H2,1H3. The number of esters is 1. The number of carbonyl (C=O) groups is 1. The van der Waals surface area contributed by atoms with Crippen LogP contribution in [0.4, 0.5) is 0 Å². The lowest BCUT2D eigenvalue weighted by atomic mass is 10.1. The molecule has 3 heteroatoms. The average Bonchev–Trinajstić information content (AvgIpc) is 2.29. The number of nitrogens with zero attached hydrogens (tertiary/aromatic N) is 1. The maximum atomic E-state index is 10.7. The van der Waals surface area contributed by atoms with Crippen molar-refractivity contribution in [2.24, 2.45) is 0 Å². The summed E-state index contributed by atoms with van der Waals surface area (Å²) in [5, 5.41) is 1.11. The zero-order valence-electron chi connectivity index (χ0n) is 9.14. The molecular weight excluding hydrogens is 202 g/mol. The van der Waals surface area contributed by atoms with Crippen molar-refractivity contribution in [2.75, 3.05) is 6.61 Å². The molecule has 0 unspecified atom stereocenters. The summed E-state index contributed by atoms with van der Waals surface area (Å²) in [6.07, 6.45) is 2.48. The molecule has 1 aromatic heterocycles. The molecule has 0 atom stereocenters. The van der Waals surface area contributed by atoms with Crippen LogP contribution in [0.5, 0.6) is 0 Å². The summed E-state index contributed by atoms with van der Waals surface area (Å²) in [7, 11) is 0. The van der Waals surface area contributed by atoms with Gasteiger partial charge in [-0.2, -0.15) is 0 Å². The quantitative estimate of drug-likeness (QED) is 0.738. The van der Waals surface area contributed by atoms with Crippen molar-refractivity contribution in [3.8, 4) is 0 Å². The second-order valence-corrected chi connectivity index (χ2v) is 3.58. The van der Waals surface area contributed by atoms with E-state index in [9.17, 15) is 4.79 Å². The SMILES string of the molecule is CC(=O)OCCc1cccc2cccnc12. The van der Waals surface area contributed by atoms with Crippen LogP contribution < -0.4 is 0 Å². The smallest absolute Gasteiger partial charge is 0.302 e. The van der Waals surface area contributed by atoms with E-state index in [1.165, 1.54) is 6.92 Å². The molecule has 0 fully saturated rings. The number of rotatable bonds is 3. The number of hydrogen-bond acceptors (Lipinski definition) is 3. The highest BCUT2D eigenvalue weighted by molar-refractivity contribution is 5.81. The highest BCUT2D eigenvalue weighted by atomic mass is 16.5. The highest BCUT2D eigenvalue weighted by Crippen LogP contribution is 2.16. The average molecular weight is 215 g/mol. The molecule has 0 saturated heterocycles. The van der Waals surface area contributed by atoms with Gasteiger partial charge in [-0.3, -0.25) is 9.78 Å². The molecule has 2 rings (SSSR count). The largest absolute Gasteiger partial charge is 0.466 e. The second-order valence-electron chi connectivity index (χ2n) is 3.58. The van der Waals surface area contributed by atoms with E-state index in [0.717, 1.165) is 16.5 Å². The molecular formula is C13H13NO2. The van der Waals surface area contributed by atoms with Gasteiger partial charge in [0.2, 0.25) is 0 Å². The first-order chi connectivity index (χ1) is 7.77. The minimum absolute atomic E-state index is 0.242. The first-order valence-corrected chi connectivity index (χ1v) is 5.23. The van der Waals surface area contributed by atoms with E-state index in [0.29, 0.717) is 13.0 Å². The molecule has 3 nitrogen and oxygen atoms in total. The summed E-state index contributed by atoms with van der Waals surface area (Å²) in [4.78, 5) is 15.0. The third kappa shape index (κ3) is 2.37. The van der Waals surface area contributed by atoms with Gasteiger partial charge in [-0.05, 0) is 11.6 Å². The number of ether oxygens (including phenoxy) is 1. The van der Waals surface area contributed by atoms with Gasteiger partial charge in [0.1, 0.15) is 0 Å². The lowest BCUT2D eigenvalue weighted by Crippen LogP contribution is -2.03. The van der Waals surface area contributed by atoms with Crippen LogP contribution in [0.1, 0.15) is 12.5 Å². The van der Waals surface area contributed by atoms with Crippen LogP contribution in [0, 0.1) is 0 Å². The van der Waals surface area contributed by atoms with Crippen LogP contribution in [0.3, 0.4) is 0 Å². The Labute approximate surface area is 94.1 Å². The van der Waals surface area contributed by atoms with E-state index < -0.39 is 0 Å². The van der Waals surface area contributed by atoms with Gasteiger partial charge in [0, 0.05) is 24.9 Å². The first kappa shape index (κ1) is 10.6. The van der Waals surface area contributed by atoms with Crippen molar-refractivity contribution in [3.63, 3.8) is 0 Å². The fourth-order valence-corrected chi connectivity index (χ4v) is 1.67. The molecule has 1 heterocycles. The van der Waals surface area contributed by atoms with Crippen LogP contribution in [-0.2, 0) is 16.0 Å².